The second-order valence-corrected chi connectivity index (χ2v) is 4.17. The number of nitrogens with one attached hydrogen (secondary N) is 1. The fourth-order valence-corrected chi connectivity index (χ4v) is 1.95. The molecule has 0 amide bonds. The molecule has 3 aromatic rings. The van der Waals surface area contributed by atoms with E-state index in [0.717, 1.165) is 5.69 Å². The molecule has 0 aliphatic rings. The highest BCUT2D eigenvalue weighted by Crippen LogP contribution is 2.28. The molecule has 0 radical (unpaired) electrons. The van der Waals surface area contributed by atoms with Crippen LogP contribution < -0.4 is 5.32 Å². The highest BCUT2D eigenvalue weighted by Gasteiger charge is 2.10. The lowest BCUT2D eigenvalue weighted by molar-refractivity contribution is 0.586. The van der Waals surface area contributed by atoms with E-state index in [-0.39, 0.29) is 0 Å². The molecule has 0 bridgehead atoms. The number of halogens is 1. The van der Waals surface area contributed by atoms with E-state index < -0.39 is 5.95 Å². The molecule has 96 valence electrons. The second-order valence-electron chi connectivity index (χ2n) is 4.17. The average molecular weight is 264 g/mol. The molecule has 3 rings (SSSR count). The van der Waals surface area contributed by atoms with Gasteiger partial charge in [0.15, 0.2) is 0 Å². The Morgan fingerprint density at radius 2 is 1.90 bits per heavy atom. The molecule has 0 aliphatic heterocycles. The van der Waals surface area contributed by atoms with Crippen LogP contribution in [-0.4, -0.2) is 9.97 Å². The molecule has 2 aromatic heterocycles. The quantitative estimate of drug-likeness (QED) is 0.721. The molecule has 0 spiro atoms. The van der Waals surface area contributed by atoms with Crippen molar-refractivity contribution in [2.45, 2.75) is 0 Å². The van der Waals surface area contributed by atoms with Crippen LogP contribution >= 0.6 is 0 Å². The molecule has 0 aliphatic carbocycles. The Labute approximate surface area is 114 Å². The van der Waals surface area contributed by atoms with E-state index in [0.29, 0.717) is 22.2 Å². The van der Waals surface area contributed by atoms with Gasteiger partial charge in [-0.1, -0.05) is 18.2 Å². The number of rotatable bonds is 2. The third-order valence-corrected chi connectivity index (χ3v) is 2.88. The summed E-state index contributed by atoms with van der Waals surface area (Å²) in [6, 6.07) is 12.7. The van der Waals surface area contributed by atoms with E-state index >= 15 is 0 Å². The van der Waals surface area contributed by atoms with Gasteiger partial charge in [-0.3, -0.25) is 4.98 Å². The van der Waals surface area contributed by atoms with Gasteiger partial charge in [-0.15, -0.1) is 0 Å². The Hall–Kier alpha value is -3.00. The number of fused-ring (bicyclic) bond motifs is 1. The number of anilines is 2. The molecule has 1 N–H and O–H groups in total. The van der Waals surface area contributed by atoms with E-state index in [1.807, 2.05) is 30.3 Å². The molecule has 0 unspecified atom stereocenters. The number of benzene rings is 1. The van der Waals surface area contributed by atoms with Crippen LogP contribution in [0.1, 0.15) is 5.56 Å². The summed E-state index contributed by atoms with van der Waals surface area (Å²) in [4.78, 5) is 7.67. The number of nitrogens with zero attached hydrogens (tertiary/aromatic N) is 3. The average Bonchev–Trinajstić information content (AvgIpc) is 2.49. The van der Waals surface area contributed by atoms with Crippen molar-refractivity contribution in [1.29, 1.82) is 5.26 Å². The van der Waals surface area contributed by atoms with Crippen molar-refractivity contribution in [2.75, 3.05) is 5.32 Å². The third-order valence-electron chi connectivity index (χ3n) is 2.88. The van der Waals surface area contributed by atoms with Crippen molar-refractivity contribution >= 4 is 22.3 Å². The molecular formula is C15H9FN4. The maximum absolute atomic E-state index is 13.3. The molecular weight excluding hydrogens is 255 g/mol. The van der Waals surface area contributed by atoms with Crippen molar-refractivity contribution in [1.82, 2.24) is 9.97 Å². The summed E-state index contributed by atoms with van der Waals surface area (Å²) in [5.41, 5.74) is 2.23. The zero-order chi connectivity index (χ0) is 13.9. The maximum Gasteiger partial charge on any atom is 0.213 e. The molecule has 0 atom stereocenters. The van der Waals surface area contributed by atoms with Crippen LogP contribution in [0.2, 0.25) is 0 Å². The summed E-state index contributed by atoms with van der Waals surface area (Å²) in [5.74, 6) is -0.606. The minimum atomic E-state index is -0.606. The highest BCUT2D eigenvalue weighted by molar-refractivity contribution is 5.95. The lowest BCUT2D eigenvalue weighted by atomic mass is 10.1. The first-order chi connectivity index (χ1) is 9.78. The maximum atomic E-state index is 13.3. The standard InChI is InChI=1S/C15H9FN4/c16-14-6-12-13(9-19-14)18-8-10(7-17)15(12)20-11-4-2-1-3-5-11/h1-6,8-9H,(H,18,20). The molecule has 5 heteroatoms. The molecule has 0 saturated carbocycles. The molecule has 1 aromatic carbocycles. The van der Waals surface area contributed by atoms with Gasteiger partial charge >= 0.3 is 0 Å². The SMILES string of the molecule is N#Cc1cnc2cnc(F)cc2c1Nc1ccccc1. The minimum Gasteiger partial charge on any atom is -0.354 e. The molecule has 20 heavy (non-hydrogen) atoms. The predicted octanol–water partition coefficient (Wildman–Crippen LogP) is 3.38. The van der Waals surface area contributed by atoms with Gasteiger partial charge in [-0.05, 0) is 12.1 Å². The second kappa shape index (κ2) is 4.94. The van der Waals surface area contributed by atoms with Gasteiger partial charge in [-0.25, -0.2) is 4.98 Å². The van der Waals surface area contributed by atoms with Crippen LogP contribution in [0.5, 0.6) is 0 Å². The summed E-state index contributed by atoms with van der Waals surface area (Å²) < 4.78 is 13.3. The molecule has 0 saturated heterocycles. The van der Waals surface area contributed by atoms with Crippen molar-refractivity contribution < 1.29 is 4.39 Å². The first kappa shape index (κ1) is 12.1. The van der Waals surface area contributed by atoms with Gasteiger partial charge in [0.25, 0.3) is 0 Å². The van der Waals surface area contributed by atoms with Gasteiger partial charge in [0.05, 0.1) is 23.0 Å². The Balaban J connectivity index is 2.21. The van der Waals surface area contributed by atoms with E-state index in [2.05, 4.69) is 21.4 Å². The van der Waals surface area contributed by atoms with Crippen LogP contribution in [0, 0.1) is 17.3 Å². The number of pyridine rings is 2. The fourth-order valence-electron chi connectivity index (χ4n) is 1.95. The van der Waals surface area contributed by atoms with Crippen LogP contribution in [0.25, 0.3) is 10.9 Å². The lowest BCUT2D eigenvalue weighted by Crippen LogP contribution is -1.97. The number of hydrogen-bond acceptors (Lipinski definition) is 4. The van der Waals surface area contributed by atoms with Gasteiger partial charge < -0.3 is 5.32 Å². The number of nitriles is 1. The summed E-state index contributed by atoms with van der Waals surface area (Å²) in [6.07, 6.45) is 2.80. The summed E-state index contributed by atoms with van der Waals surface area (Å²) in [7, 11) is 0. The van der Waals surface area contributed by atoms with E-state index in [1.54, 1.807) is 0 Å². The summed E-state index contributed by atoms with van der Waals surface area (Å²) in [5, 5.41) is 12.9. The zero-order valence-electron chi connectivity index (χ0n) is 10.3. The van der Waals surface area contributed by atoms with E-state index in [9.17, 15) is 9.65 Å². The van der Waals surface area contributed by atoms with Crippen molar-refractivity contribution in [3.63, 3.8) is 0 Å². The largest absolute Gasteiger partial charge is 0.354 e. The van der Waals surface area contributed by atoms with E-state index in [4.69, 9.17) is 0 Å². The van der Waals surface area contributed by atoms with Crippen LogP contribution in [0.4, 0.5) is 15.8 Å². The zero-order valence-corrected chi connectivity index (χ0v) is 10.3. The Bertz CT molecular complexity index is 809. The van der Waals surface area contributed by atoms with Crippen molar-refractivity contribution in [3.8, 4) is 6.07 Å². The fraction of sp³-hybridized carbons (Fsp3) is 0. The number of hydrogen-bond donors (Lipinski definition) is 1. The minimum absolute atomic E-state index is 0.354. The molecule has 0 fully saturated rings. The topological polar surface area (TPSA) is 61.6 Å². The van der Waals surface area contributed by atoms with Crippen LogP contribution in [0.15, 0.2) is 48.8 Å². The third kappa shape index (κ3) is 2.15. The van der Waals surface area contributed by atoms with Crippen LogP contribution in [0.3, 0.4) is 0 Å². The number of aromatic nitrogens is 2. The van der Waals surface area contributed by atoms with Crippen LogP contribution in [-0.2, 0) is 0 Å². The Morgan fingerprint density at radius 3 is 2.65 bits per heavy atom. The van der Waals surface area contributed by atoms with Crippen molar-refractivity contribution in [3.05, 3.63) is 60.3 Å². The smallest absolute Gasteiger partial charge is 0.213 e. The van der Waals surface area contributed by atoms with Gasteiger partial charge in [0.2, 0.25) is 5.95 Å². The monoisotopic (exact) mass is 264 g/mol. The van der Waals surface area contributed by atoms with Gasteiger partial charge in [0.1, 0.15) is 6.07 Å². The highest BCUT2D eigenvalue weighted by atomic mass is 19.1. The first-order valence-corrected chi connectivity index (χ1v) is 5.94. The predicted molar refractivity (Wildman–Crippen MR) is 73.9 cm³/mol. The van der Waals surface area contributed by atoms with Gasteiger partial charge in [-0.2, -0.15) is 9.65 Å². The Morgan fingerprint density at radius 1 is 1.10 bits per heavy atom. The van der Waals surface area contributed by atoms with Gasteiger partial charge in [0, 0.05) is 23.3 Å². The number of para-hydroxylation sites is 1. The lowest BCUT2D eigenvalue weighted by Gasteiger charge is -2.11. The normalized spacial score (nSPS) is 10.2. The summed E-state index contributed by atoms with van der Waals surface area (Å²) >= 11 is 0. The van der Waals surface area contributed by atoms with E-state index in [1.165, 1.54) is 18.5 Å². The van der Waals surface area contributed by atoms with Crippen molar-refractivity contribution in [2.24, 2.45) is 0 Å². The molecule has 4 nitrogen and oxygen atoms in total. The summed E-state index contributed by atoms with van der Waals surface area (Å²) in [6.45, 7) is 0. The Kier molecular flexibility index (Phi) is 2.98. The first-order valence-electron chi connectivity index (χ1n) is 5.94. The molecule has 2 heterocycles.